The molecule has 0 radical (unpaired) electrons. The van der Waals surface area contributed by atoms with E-state index in [4.69, 9.17) is 9.47 Å². The van der Waals surface area contributed by atoms with Crippen LogP contribution in [-0.4, -0.2) is 34.6 Å². The van der Waals surface area contributed by atoms with Crippen molar-refractivity contribution in [2.45, 2.75) is 45.1 Å². The zero-order valence-corrected chi connectivity index (χ0v) is 22.9. The molecule has 3 rings (SSSR count). The van der Waals surface area contributed by atoms with Crippen molar-refractivity contribution in [3.05, 3.63) is 83.9 Å². The third-order valence-electron chi connectivity index (χ3n) is 5.89. The Labute approximate surface area is 220 Å². The fourth-order valence-electron chi connectivity index (χ4n) is 3.98. The van der Waals surface area contributed by atoms with E-state index in [1.54, 1.807) is 31.4 Å². The van der Waals surface area contributed by atoms with Gasteiger partial charge in [0, 0.05) is 0 Å². The summed E-state index contributed by atoms with van der Waals surface area (Å²) < 4.78 is 39.3. The van der Waals surface area contributed by atoms with Gasteiger partial charge in [-0.15, -0.1) is 0 Å². The van der Waals surface area contributed by atoms with Crippen molar-refractivity contribution >= 4 is 21.6 Å². The number of amides is 1. The Morgan fingerprint density at radius 2 is 1.51 bits per heavy atom. The molecule has 0 heterocycles. The number of hydrogen-bond donors (Lipinski definition) is 1. The second-order valence-electron chi connectivity index (χ2n) is 9.27. The van der Waals surface area contributed by atoms with E-state index >= 15 is 0 Å². The van der Waals surface area contributed by atoms with Crippen LogP contribution in [0.5, 0.6) is 11.5 Å². The molecule has 0 saturated carbocycles. The minimum Gasteiger partial charge on any atom is -0.497 e. The number of nitrogens with one attached hydrogen (secondary N) is 1. The van der Waals surface area contributed by atoms with Crippen molar-refractivity contribution < 1.29 is 22.7 Å². The highest BCUT2D eigenvalue weighted by Gasteiger charge is 2.28. The van der Waals surface area contributed by atoms with E-state index in [0.29, 0.717) is 30.4 Å². The van der Waals surface area contributed by atoms with Gasteiger partial charge in [0.25, 0.3) is 10.0 Å². The maximum Gasteiger partial charge on any atom is 0.264 e. The number of anilines is 1. The lowest BCUT2D eigenvalue weighted by atomic mass is 9.97. The van der Waals surface area contributed by atoms with Gasteiger partial charge < -0.3 is 14.8 Å². The first-order chi connectivity index (χ1) is 17.6. The van der Waals surface area contributed by atoms with Crippen LogP contribution >= 0.6 is 0 Å². The molecule has 198 valence electrons. The zero-order valence-electron chi connectivity index (χ0n) is 22.1. The van der Waals surface area contributed by atoms with Gasteiger partial charge in [-0.3, -0.25) is 9.10 Å². The molecular formula is C29H36N2O5S. The molecule has 1 unspecified atom stereocenters. The molecule has 0 fully saturated rings. The summed E-state index contributed by atoms with van der Waals surface area (Å²) >= 11 is 0. The molecule has 8 heteroatoms. The molecular weight excluding hydrogens is 488 g/mol. The molecule has 0 spiro atoms. The number of sulfonamides is 1. The smallest absolute Gasteiger partial charge is 0.264 e. The largest absolute Gasteiger partial charge is 0.497 e. The summed E-state index contributed by atoms with van der Waals surface area (Å²) in [5, 5.41) is 3.06. The Bertz CT molecular complexity index is 1260. The van der Waals surface area contributed by atoms with Crippen molar-refractivity contribution in [3.63, 3.8) is 0 Å². The van der Waals surface area contributed by atoms with E-state index in [2.05, 4.69) is 19.2 Å². The molecule has 3 aromatic carbocycles. The Balaban J connectivity index is 1.90. The van der Waals surface area contributed by atoms with Gasteiger partial charge in [0.1, 0.15) is 18.0 Å². The second kappa shape index (κ2) is 12.6. The number of hydrogen-bond acceptors (Lipinski definition) is 5. The maximum absolute atomic E-state index is 13.7. The molecule has 0 saturated heterocycles. The number of carbonyl (C=O) groups is 1. The standard InChI is InChI=1S/C29H36N2O5S/c1-6-36-26-15-17-27(18-16-26)37(33,34)31(24-11-7-22(4)8-12-24)20-29(32)30-28(19-21(2)3)23-9-13-25(35-5)14-10-23/h7-18,21,28H,6,19-20H2,1-5H3,(H,30,32). The molecule has 0 aromatic heterocycles. The SMILES string of the molecule is CCOc1ccc(S(=O)(=O)N(CC(=O)NC(CC(C)C)c2ccc(OC)cc2)c2ccc(C)cc2)cc1. The highest BCUT2D eigenvalue weighted by atomic mass is 32.2. The highest BCUT2D eigenvalue weighted by molar-refractivity contribution is 7.92. The van der Waals surface area contributed by atoms with Crippen LogP contribution in [-0.2, 0) is 14.8 Å². The van der Waals surface area contributed by atoms with Crippen LogP contribution in [0.25, 0.3) is 0 Å². The second-order valence-corrected chi connectivity index (χ2v) is 11.1. The average Bonchev–Trinajstić information content (AvgIpc) is 2.88. The molecule has 3 aromatic rings. The number of nitrogens with zero attached hydrogens (tertiary/aromatic N) is 1. The first kappa shape index (κ1) is 28.1. The summed E-state index contributed by atoms with van der Waals surface area (Å²) in [4.78, 5) is 13.4. The minimum atomic E-state index is -4.03. The van der Waals surface area contributed by atoms with Crippen molar-refractivity contribution in [2.75, 3.05) is 24.6 Å². The van der Waals surface area contributed by atoms with E-state index in [-0.39, 0.29) is 17.5 Å². The summed E-state index contributed by atoms with van der Waals surface area (Å²) in [6, 6.07) is 20.6. The van der Waals surface area contributed by atoms with Crippen molar-refractivity contribution in [1.29, 1.82) is 0 Å². The molecule has 0 bridgehead atoms. The molecule has 0 aliphatic rings. The molecule has 1 N–H and O–H groups in total. The summed E-state index contributed by atoms with van der Waals surface area (Å²) in [6.45, 7) is 8.07. The van der Waals surface area contributed by atoms with Crippen LogP contribution in [0.4, 0.5) is 5.69 Å². The normalized spacial score (nSPS) is 12.2. The van der Waals surface area contributed by atoms with E-state index in [0.717, 1.165) is 21.2 Å². The quantitative estimate of drug-likeness (QED) is 0.338. The Hall–Kier alpha value is -3.52. The molecule has 1 amide bonds. The first-order valence-corrected chi connectivity index (χ1v) is 13.8. The fourth-order valence-corrected chi connectivity index (χ4v) is 5.41. The van der Waals surface area contributed by atoms with Gasteiger partial charge in [0.15, 0.2) is 0 Å². The third-order valence-corrected chi connectivity index (χ3v) is 7.68. The molecule has 0 aliphatic carbocycles. The van der Waals surface area contributed by atoms with Crippen molar-refractivity contribution in [2.24, 2.45) is 5.92 Å². The van der Waals surface area contributed by atoms with Gasteiger partial charge in [-0.1, -0.05) is 43.7 Å². The Kier molecular flexibility index (Phi) is 9.58. The van der Waals surface area contributed by atoms with Crippen LogP contribution < -0.4 is 19.1 Å². The van der Waals surface area contributed by atoms with Crippen LogP contribution in [0.15, 0.2) is 77.7 Å². The predicted octanol–water partition coefficient (Wildman–Crippen LogP) is 5.50. The number of benzene rings is 3. The van der Waals surface area contributed by atoms with Gasteiger partial charge in [-0.05, 0) is 80.3 Å². The molecule has 1 atom stereocenters. The maximum atomic E-state index is 13.7. The lowest BCUT2D eigenvalue weighted by Gasteiger charge is -2.27. The molecule has 0 aliphatic heterocycles. The van der Waals surface area contributed by atoms with Gasteiger partial charge in [0.2, 0.25) is 5.91 Å². The van der Waals surface area contributed by atoms with E-state index in [1.165, 1.54) is 12.1 Å². The predicted molar refractivity (Wildman–Crippen MR) is 147 cm³/mol. The summed E-state index contributed by atoms with van der Waals surface area (Å²) in [6.07, 6.45) is 0.703. The number of carbonyl (C=O) groups excluding carboxylic acids is 1. The Morgan fingerprint density at radius 3 is 2.05 bits per heavy atom. The van der Waals surface area contributed by atoms with Crippen LogP contribution in [0, 0.1) is 12.8 Å². The monoisotopic (exact) mass is 524 g/mol. The number of aryl methyl sites for hydroxylation is 1. The summed E-state index contributed by atoms with van der Waals surface area (Å²) in [7, 11) is -2.42. The molecule has 37 heavy (non-hydrogen) atoms. The van der Waals surface area contributed by atoms with Crippen molar-refractivity contribution in [1.82, 2.24) is 5.32 Å². The minimum absolute atomic E-state index is 0.0817. The highest BCUT2D eigenvalue weighted by Crippen LogP contribution is 2.27. The summed E-state index contributed by atoms with van der Waals surface area (Å²) in [5.74, 6) is 1.23. The van der Waals surface area contributed by atoms with E-state index in [9.17, 15) is 13.2 Å². The van der Waals surface area contributed by atoms with E-state index in [1.807, 2.05) is 50.2 Å². The number of ether oxygens (including phenoxy) is 2. The zero-order chi connectivity index (χ0) is 27.0. The first-order valence-electron chi connectivity index (χ1n) is 12.4. The number of methoxy groups -OCH3 is 1. The average molecular weight is 525 g/mol. The number of rotatable bonds is 12. The lowest BCUT2D eigenvalue weighted by molar-refractivity contribution is -0.120. The van der Waals surface area contributed by atoms with Gasteiger partial charge >= 0.3 is 0 Å². The van der Waals surface area contributed by atoms with Crippen molar-refractivity contribution in [3.8, 4) is 11.5 Å². The lowest BCUT2D eigenvalue weighted by Crippen LogP contribution is -2.42. The topological polar surface area (TPSA) is 84.9 Å². The van der Waals surface area contributed by atoms with Crippen LogP contribution in [0.3, 0.4) is 0 Å². The van der Waals surface area contributed by atoms with E-state index < -0.39 is 15.9 Å². The summed E-state index contributed by atoms with van der Waals surface area (Å²) in [5.41, 5.74) is 2.33. The fraction of sp³-hybridized carbons (Fsp3) is 0.345. The van der Waals surface area contributed by atoms with Gasteiger partial charge in [0.05, 0.1) is 30.3 Å². The van der Waals surface area contributed by atoms with Crippen LogP contribution in [0.1, 0.15) is 44.4 Å². The van der Waals surface area contributed by atoms with Gasteiger partial charge in [-0.25, -0.2) is 8.42 Å². The van der Waals surface area contributed by atoms with Gasteiger partial charge in [-0.2, -0.15) is 0 Å². The third kappa shape index (κ3) is 7.49. The Morgan fingerprint density at radius 1 is 0.919 bits per heavy atom. The van der Waals surface area contributed by atoms with Crippen LogP contribution in [0.2, 0.25) is 0 Å². The molecule has 7 nitrogen and oxygen atoms in total.